The van der Waals surface area contributed by atoms with Crippen LogP contribution in [0.25, 0.3) is 11.3 Å². The van der Waals surface area contributed by atoms with E-state index < -0.39 is 0 Å². The van der Waals surface area contributed by atoms with Gasteiger partial charge in [0.2, 0.25) is 5.91 Å². The molecule has 10 heteroatoms. The van der Waals surface area contributed by atoms with Crippen LogP contribution < -0.4 is 11.5 Å². The average Bonchev–Trinajstić information content (AvgIpc) is 2.60. The van der Waals surface area contributed by atoms with Gasteiger partial charge in [0.1, 0.15) is 5.69 Å². The second-order valence-electron chi connectivity index (χ2n) is 5.98. The normalized spacial score (nSPS) is 11.1. The Bertz CT molecular complexity index is 790. The van der Waals surface area contributed by atoms with Crippen molar-refractivity contribution in [2.45, 2.75) is 12.8 Å². The molecule has 0 atom stereocenters. The molecule has 27 heavy (non-hydrogen) atoms. The van der Waals surface area contributed by atoms with Crippen LogP contribution in [0.4, 0.5) is 5.82 Å². The molecule has 1 heterocycles. The number of anilines is 1. The number of carbonyl (C=O) groups is 1. The molecule has 146 valence electrons. The van der Waals surface area contributed by atoms with Crippen molar-refractivity contribution in [2.24, 2.45) is 5.73 Å². The number of amides is 1. The lowest BCUT2D eigenvalue weighted by Crippen LogP contribution is -2.33. The van der Waals surface area contributed by atoms with Crippen LogP contribution in [0.1, 0.15) is 12.2 Å². The van der Waals surface area contributed by atoms with Crippen LogP contribution >= 0.6 is 23.2 Å². The number of rotatable bonds is 10. The summed E-state index contributed by atoms with van der Waals surface area (Å²) in [5, 5.41) is 9.03. The van der Waals surface area contributed by atoms with Crippen molar-refractivity contribution < 1.29 is 9.53 Å². The Morgan fingerprint density at radius 1 is 1.26 bits per heavy atom. The zero-order valence-corrected chi connectivity index (χ0v) is 16.5. The number of nitrogens with two attached hydrogens (primary N) is 2. The number of likely N-dealkylation sites (N-methyl/N-ethyl adjacent to an activating group) is 1. The number of aryl methyl sites for hydroxylation is 1. The van der Waals surface area contributed by atoms with Crippen LogP contribution in [0.5, 0.6) is 0 Å². The molecule has 0 radical (unpaired) electrons. The highest BCUT2D eigenvalue weighted by molar-refractivity contribution is 6.43. The Hall–Kier alpha value is -2.00. The molecule has 0 aliphatic rings. The van der Waals surface area contributed by atoms with Crippen LogP contribution in [0, 0.1) is 0 Å². The summed E-state index contributed by atoms with van der Waals surface area (Å²) in [6.07, 6.45) is 1.30. The maximum Gasteiger partial charge on any atom is 0.231 e. The lowest BCUT2D eigenvalue weighted by atomic mass is 10.1. The first-order chi connectivity index (χ1) is 12.9. The van der Waals surface area contributed by atoms with Gasteiger partial charge in [-0.05, 0) is 19.5 Å². The van der Waals surface area contributed by atoms with E-state index in [-0.39, 0.29) is 18.3 Å². The van der Waals surface area contributed by atoms with Crippen molar-refractivity contribution >= 4 is 34.9 Å². The number of halogens is 2. The fourth-order valence-corrected chi connectivity index (χ4v) is 2.75. The number of aromatic nitrogens is 3. The fraction of sp³-hybridized carbons (Fsp3) is 0.412. The zero-order valence-electron chi connectivity index (χ0n) is 15.0. The summed E-state index contributed by atoms with van der Waals surface area (Å²) < 4.78 is 5.53. The molecule has 2 rings (SSSR count). The maximum atomic E-state index is 10.8. The van der Waals surface area contributed by atoms with Gasteiger partial charge in [0, 0.05) is 25.1 Å². The van der Waals surface area contributed by atoms with E-state index in [1.165, 1.54) is 0 Å². The summed E-state index contributed by atoms with van der Waals surface area (Å²) in [5.41, 5.74) is 12.1. The van der Waals surface area contributed by atoms with Crippen LogP contribution in [-0.4, -0.2) is 59.3 Å². The van der Waals surface area contributed by atoms with E-state index in [0.29, 0.717) is 53.3 Å². The Morgan fingerprint density at radius 3 is 2.74 bits per heavy atom. The molecule has 0 aliphatic carbocycles. The first-order valence-electron chi connectivity index (χ1n) is 8.36. The summed E-state index contributed by atoms with van der Waals surface area (Å²) in [6, 6.07) is 5.21. The second-order valence-corrected chi connectivity index (χ2v) is 6.77. The first-order valence-corrected chi connectivity index (χ1v) is 9.12. The van der Waals surface area contributed by atoms with Gasteiger partial charge in [0.15, 0.2) is 11.6 Å². The van der Waals surface area contributed by atoms with Gasteiger partial charge in [-0.15, -0.1) is 10.2 Å². The third-order valence-electron chi connectivity index (χ3n) is 3.70. The Kier molecular flexibility index (Phi) is 8.18. The summed E-state index contributed by atoms with van der Waals surface area (Å²) >= 11 is 12.2. The number of hydrogen-bond donors (Lipinski definition) is 2. The van der Waals surface area contributed by atoms with Crippen molar-refractivity contribution in [3.63, 3.8) is 0 Å². The van der Waals surface area contributed by atoms with Gasteiger partial charge in [-0.1, -0.05) is 35.3 Å². The molecule has 0 spiro atoms. The smallest absolute Gasteiger partial charge is 0.231 e. The van der Waals surface area contributed by atoms with E-state index in [4.69, 9.17) is 39.4 Å². The number of carbonyl (C=O) groups excluding carboxylic acids is 1. The molecule has 4 N–H and O–H groups in total. The molecule has 2 aromatic rings. The predicted molar refractivity (Wildman–Crippen MR) is 106 cm³/mol. The number of primary amides is 1. The number of hydrogen-bond acceptors (Lipinski definition) is 7. The van der Waals surface area contributed by atoms with E-state index >= 15 is 0 Å². The highest BCUT2D eigenvalue weighted by Gasteiger charge is 2.13. The first kappa shape index (κ1) is 21.3. The molecular formula is C17H22Cl2N6O2. The molecule has 8 nitrogen and oxygen atoms in total. The number of nitrogens with zero attached hydrogens (tertiary/aromatic N) is 4. The van der Waals surface area contributed by atoms with Crippen molar-refractivity contribution in [1.29, 1.82) is 0 Å². The van der Waals surface area contributed by atoms with Crippen LogP contribution in [0.3, 0.4) is 0 Å². The third kappa shape index (κ3) is 6.59. The van der Waals surface area contributed by atoms with Crippen molar-refractivity contribution in [3.8, 4) is 11.3 Å². The van der Waals surface area contributed by atoms with E-state index in [9.17, 15) is 4.79 Å². The average molecular weight is 413 g/mol. The highest BCUT2D eigenvalue weighted by Crippen LogP contribution is 2.34. The van der Waals surface area contributed by atoms with Gasteiger partial charge in [0.25, 0.3) is 0 Å². The van der Waals surface area contributed by atoms with Crippen molar-refractivity contribution in [1.82, 2.24) is 20.1 Å². The summed E-state index contributed by atoms with van der Waals surface area (Å²) in [7, 11) is 1.81. The molecule has 1 aromatic heterocycles. The fourth-order valence-electron chi connectivity index (χ4n) is 2.36. The molecule has 0 aliphatic heterocycles. The maximum absolute atomic E-state index is 10.8. The molecule has 0 unspecified atom stereocenters. The molecular weight excluding hydrogens is 391 g/mol. The van der Waals surface area contributed by atoms with Gasteiger partial charge in [-0.2, -0.15) is 0 Å². The van der Waals surface area contributed by atoms with Gasteiger partial charge < -0.3 is 16.2 Å². The number of benzene rings is 1. The zero-order chi connectivity index (χ0) is 19.8. The summed E-state index contributed by atoms with van der Waals surface area (Å²) in [4.78, 5) is 16.9. The van der Waals surface area contributed by atoms with Crippen molar-refractivity contribution in [3.05, 3.63) is 34.1 Å². The molecule has 1 aromatic carbocycles. The quantitative estimate of drug-likeness (QED) is 0.570. The second kappa shape index (κ2) is 10.4. The molecule has 0 bridgehead atoms. The Labute approximate surface area is 167 Å². The minimum atomic E-state index is -0.359. The largest absolute Gasteiger partial charge is 0.382 e. The lowest BCUT2D eigenvalue weighted by Gasteiger charge is -2.14. The van der Waals surface area contributed by atoms with Gasteiger partial charge in [-0.3, -0.25) is 9.69 Å². The standard InChI is InChI=1S/C17H22Cl2N6O2/c1-25(10-13(20)26)7-9-27-8-3-6-14-22-17(21)16(24-23-14)11-4-2-5-12(18)15(11)19/h2,4-5H,3,6-10H2,1H3,(H2,20,26)(H2,21,22,23). The van der Waals surface area contributed by atoms with E-state index in [2.05, 4.69) is 15.2 Å². The Balaban J connectivity index is 1.81. The van der Waals surface area contributed by atoms with Crippen LogP contribution in [-0.2, 0) is 16.0 Å². The SMILES string of the molecule is CN(CCOCCCc1nnc(-c2cccc(Cl)c2Cl)c(N)n1)CC(N)=O. The molecule has 0 saturated carbocycles. The highest BCUT2D eigenvalue weighted by atomic mass is 35.5. The lowest BCUT2D eigenvalue weighted by molar-refractivity contribution is -0.119. The minimum absolute atomic E-state index is 0.213. The molecule has 0 saturated heterocycles. The number of nitrogen functional groups attached to an aromatic ring is 1. The van der Waals surface area contributed by atoms with Crippen LogP contribution in [0.15, 0.2) is 18.2 Å². The van der Waals surface area contributed by atoms with E-state index in [1.54, 1.807) is 23.1 Å². The van der Waals surface area contributed by atoms with Crippen molar-refractivity contribution in [2.75, 3.05) is 39.1 Å². The molecule has 1 amide bonds. The minimum Gasteiger partial charge on any atom is -0.382 e. The van der Waals surface area contributed by atoms with Gasteiger partial charge in [0.05, 0.1) is 23.2 Å². The topological polar surface area (TPSA) is 120 Å². The third-order valence-corrected chi connectivity index (χ3v) is 4.52. The van der Waals surface area contributed by atoms with Gasteiger partial charge >= 0.3 is 0 Å². The van der Waals surface area contributed by atoms with E-state index in [0.717, 1.165) is 6.42 Å². The Morgan fingerprint density at radius 2 is 2.04 bits per heavy atom. The monoisotopic (exact) mass is 412 g/mol. The molecule has 0 fully saturated rings. The van der Waals surface area contributed by atoms with Crippen LogP contribution in [0.2, 0.25) is 10.0 Å². The predicted octanol–water partition coefficient (Wildman–Crippen LogP) is 1.79. The summed E-state index contributed by atoms with van der Waals surface area (Å²) in [5.74, 6) is 0.421. The number of ether oxygens (including phenoxy) is 1. The van der Waals surface area contributed by atoms with E-state index in [1.807, 2.05) is 7.05 Å². The van der Waals surface area contributed by atoms with Gasteiger partial charge in [-0.25, -0.2) is 4.98 Å². The summed E-state index contributed by atoms with van der Waals surface area (Å²) in [6.45, 7) is 1.89.